The maximum Gasteiger partial charge on any atom is 0.227 e. The molecule has 1 atom stereocenters. The van der Waals surface area contributed by atoms with Crippen molar-refractivity contribution in [1.82, 2.24) is 4.90 Å². The molecule has 0 aliphatic carbocycles. The van der Waals surface area contributed by atoms with Gasteiger partial charge in [0.2, 0.25) is 15.9 Å². The van der Waals surface area contributed by atoms with Gasteiger partial charge in [-0.05, 0) is 30.5 Å². The second kappa shape index (κ2) is 7.20. The monoisotopic (exact) mass is 374 g/mol. The molecule has 0 aromatic heterocycles. The van der Waals surface area contributed by atoms with E-state index in [9.17, 15) is 21.6 Å². The number of rotatable bonds is 5. The molecule has 2 rings (SSSR count). The molecular weight excluding hydrogens is 352 g/mol. The van der Waals surface area contributed by atoms with Crippen LogP contribution in [0.2, 0.25) is 0 Å². The van der Waals surface area contributed by atoms with Crippen LogP contribution in [-0.2, 0) is 31.1 Å². The van der Waals surface area contributed by atoms with Gasteiger partial charge in [0, 0.05) is 13.1 Å². The SMILES string of the molecule is CCS(=O)(=O)c1ccc(CC(=O)N2CCCC(S(N)(=O)=O)C2)cc1. The number of piperidine rings is 1. The number of hydrogen-bond acceptors (Lipinski definition) is 5. The van der Waals surface area contributed by atoms with E-state index in [0.717, 1.165) is 0 Å². The number of likely N-dealkylation sites (tertiary alicyclic amines) is 1. The largest absolute Gasteiger partial charge is 0.341 e. The van der Waals surface area contributed by atoms with Crippen molar-refractivity contribution in [3.8, 4) is 0 Å². The number of nitrogens with zero attached hydrogens (tertiary/aromatic N) is 1. The summed E-state index contributed by atoms with van der Waals surface area (Å²) in [4.78, 5) is 14.1. The third-order valence-corrected chi connectivity index (χ3v) is 7.28. The predicted octanol–water partition coefficient (Wildman–Crippen LogP) is 0.302. The maximum absolute atomic E-state index is 12.4. The Morgan fingerprint density at radius 2 is 1.83 bits per heavy atom. The maximum atomic E-state index is 12.4. The van der Waals surface area contributed by atoms with E-state index in [0.29, 0.717) is 24.9 Å². The number of amides is 1. The molecule has 24 heavy (non-hydrogen) atoms. The van der Waals surface area contributed by atoms with Crippen LogP contribution in [0.5, 0.6) is 0 Å². The third-order valence-electron chi connectivity index (χ3n) is 4.21. The first-order valence-electron chi connectivity index (χ1n) is 7.74. The van der Waals surface area contributed by atoms with Crippen molar-refractivity contribution in [3.63, 3.8) is 0 Å². The Morgan fingerprint density at radius 1 is 1.21 bits per heavy atom. The third kappa shape index (κ3) is 4.55. The highest BCUT2D eigenvalue weighted by molar-refractivity contribution is 7.91. The zero-order valence-corrected chi connectivity index (χ0v) is 15.1. The molecule has 1 saturated heterocycles. The van der Waals surface area contributed by atoms with E-state index in [1.54, 1.807) is 19.1 Å². The summed E-state index contributed by atoms with van der Waals surface area (Å²) in [5, 5.41) is 4.46. The van der Waals surface area contributed by atoms with E-state index in [-0.39, 0.29) is 29.5 Å². The standard InChI is InChI=1S/C15H22N2O5S2/c1-2-23(19,20)13-7-5-12(6-8-13)10-15(18)17-9-3-4-14(11-17)24(16,21)22/h5-8,14H,2-4,9-11H2,1H3,(H2,16,21,22). The van der Waals surface area contributed by atoms with E-state index in [4.69, 9.17) is 5.14 Å². The topological polar surface area (TPSA) is 115 Å². The summed E-state index contributed by atoms with van der Waals surface area (Å²) < 4.78 is 46.4. The van der Waals surface area contributed by atoms with Crippen molar-refractivity contribution in [3.05, 3.63) is 29.8 Å². The smallest absolute Gasteiger partial charge is 0.227 e. The fourth-order valence-corrected chi connectivity index (χ4v) is 4.47. The molecule has 2 N–H and O–H groups in total. The van der Waals surface area contributed by atoms with Gasteiger partial charge < -0.3 is 4.90 Å². The van der Waals surface area contributed by atoms with Crippen LogP contribution in [-0.4, -0.2) is 51.7 Å². The first-order valence-corrected chi connectivity index (χ1v) is 11.0. The van der Waals surface area contributed by atoms with Gasteiger partial charge >= 0.3 is 0 Å². The molecule has 0 saturated carbocycles. The molecule has 9 heteroatoms. The Hall–Kier alpha value is -1.45. The number of sulfonamides is 1. The van der Waals surface area contributed by atoms with Crippen molar-refractivity contribution >= 4 is 25.8 Å². The highest BCUT2D eigenvalue weighted by atomic mass is 32.2. The van der Waals surface area contributed by atoms with Crippen LogP contribution in [0.4, 0.5) is 0 Å². The van der Waals surface area contributed by atoms with E-state index in [1.165, 1.54) is 17.0 Å². The van der Waals surface area contributed by atoms with Gasteiger partial charge in [0.25, 0.3) is 0 Å². The second-order valence-electron chi connectivity index (χ2n) is 5.92. The molecule has 0 radical (unpaired) electrons. The highest BCUT2D eigenvalue weighted by Gasteiger charge is 2.30. The van der Waals surface area contributed by atoms with E-state index in [2.05, 4.69) is 0 Å². The average molecular weight is 374 g/mol. The van der Waals surface area contributed by atoms with Crippen LogP contribution in [0.15, 0.2) is 29.2 Å². The van der Waals surface area contributed by atoms with E-state index in [1.807, 2.05) is 0 Å². The van der Waals surface area contributed by atoms with Crippen LogP contribution >= 0.6 is 0 Å². The summed E-state index contributed by atoms with van der Waals surface area (Å²) in [6.07, 6.45) is 1.16. The fourth-order valence-electron chi connectivity index (χ4n) is 2.70. The summed E-state index contributed by atoms with van der Waals surface area (Å²) in [5.41, 5.74) is 0.688. The predicted molar refractivity (Wildman–Crippen MR) is 90.6 cm³/mol. The molecule has 0 bridgehead atoms. The zero-order valence-electron chi connectivity index (χ0n) is 13.5. The van der Waals surface area contributed by atoms with Crippen LogP contribution < -0.4 is 5.14 Å². The molecule has 1 aliphatic rings. The highest BCUT2D eigenvalue weighted by Crippen LogP contribution is 2.17. The molecule has 1 aromatic rings. The molecule has 0 spiro atoms. The van der Waals surface area contributed by atoms with Gasteiger partial charge in [-0.25, -0.2) is 22.0 Å². The van der Waals surface area contributed by atoms with E-state index >= 15 is 0 Å². The minimum atomic E-state index is -3.65. The van der Waals surface area contributed by atoms with Crippen molar-refractivity contribution < 1.29 is 21.6 Å². The minimum absolute atomic E-state index is 0.0218. The first-order chi connectivity index (χ1) is 11.1. The van der Waals surface area contributed by atoms with Crippen LogP contribution in [0, 0.1) is 0 Å². The lowest BCUT2D eigenvalue weighted by molar-refractivity contribution is -0.131. The summed E-state index contributed by atoms with van der Waals surface area (Å²) in [7, 11) is -6.91. The number of carbonyl (C=O) groups is 1. The minimum Gasteiger partial charge on any atom is -0.341 e. The molecule has 1 fully saturated rings. The molecule has 7 nitrogen and oxygen atoms in total. The number of benzene rings is 1. The quantitative estimate of drug-likeness (QED) is 0.796. The molecule has 134 valence electrons. The Bertz CT molecular complexity index is 801. The lowest BCUT2D eigenvalue weighted by atomic mass is 10.1. The summed E-state index contributed by atoms with van der Waals surface area (Å²) in [6, 6.07) is 6.21. The van der Waals surface area contributed by atoms with Gasteiger partial charge in [0.15, 0.2) is 9.84 Å². The second-order valence-corrected chi connectivity index (χ2v) is 10.0. The van der Waals surface area contributed by atoms with Crippen molar-refractivity contribution in [1.29, 1.82) is 0 Å². The van der Waals surface area contributed by atoms with Crippen molar-refractivity contribution in [2.45, 2.75) is 36.3 Å². The van der Waals surface area contributed by atoms with Crippen LogP contribution in [0.25, 0.3) is 0 Å². The van der Waals surface area contributed by atoms with Crippen LogP contribution in [0.1, 0.15) is 25.3 Å². The number of nitrogens with two attached hydrogens (primary N) is 1. The Labute approximate surface area is 142 Å². The fraction of sp³-hybridized carbons (Fsp3) is 0.533. The average Bonchev–Trinajstić information content (AvgIpc) is 2.54. The van der Waals surface area contributed by atoms with Gasteiger partial charge in [0.1, 0.15) is 0 Å². The van der Waals surface area contributed by atoms with Gasteiger partial charge in [0.05, 0.1) is 22.3 Å². The van der Waals surface area contributed by atoms with Gasteiger partial charge in [-0.1, -0.05) is 19.1 Å². The number of carbonyl (C=O) groups excluding carboxylic acids is 1. The molecular formula is C15H22N2O5S2. The van der Waals surface area contributed by atoms with Crippen LogP contribution in [0.3, 0.4) is 0 Å². The van der Waals surface area contributed by atoms with Gasteiger partial charge in [-0.2, -0.15) is 0 Å². The summed E-state index contributed by atoms with van der Waals surface area (Å²) in [6.45, 7) is 2.19. The number of hydrogen-bond donors (Lipinski definition) is 1. The lowest BCUT2D eigenvalue weighted by Gasteiger charge is -2.31. The van der Waals surface area contributed by atoms with Gasteiger partial charge in [-0.15, -0.1) is 0 Å². The summed E-state index contributed by atoms with van der Waals surface area (Å²) in [5.74, 6) is -0.164. The summed E-state index contributed by atoms with van der Waals surface area (Å²) >= 11 is 0. The van der Waals surface area contributed by atoms with Crippen molar-refractivity contribution in [2.75, 3.05) is 18.8 Å². The molecule has 1 aliphatic heterocycles. The Balaban J connectivity index is 2.04. The lowest BCUT2D eigenvalue weighted by Crippen LogP contribution is -2.47. The molecule has 1 unspecified atom stereocenters. The number of sulfone groups is 1. The molecule has 1 heterocycles. The number of primary sulfonamides is 1. The van der Waals surface area contributed by atoms with Gasteiger partial charge in [-0.3, -0.25) is 4.79 Å². The first kappa shape index (κ1) is 18.9. The molecule has 1 amide bonds. The Kier molecular flexibility index (Phi) is 5.67. The van der Waals surface area contributed by atoms with Crippen molar-refractivity contribution in [2.24, 2.45) is 5.14 Å². The zero-order chi connectivity index (χ0) is 18.0. The Morgan fingerprint density at radius 3 is 2.38 bits per heavy atom. The molecule has 1 aromatic carbocycles. The van der Waals surface area contributed by atoms with E-state index < -0.39 is 25.1 Å². The normalized spacial score (nSPS) is 19.2.